The van der Waals surface area contributed by atoms with Crippen LogP contribution in [0.4, 0.5) is 0 Å². The van der Waals surface area contributed by atoms with Crippen molar-refractivity contribution >= 4 is 11.9 Å². The second-order valence-electron chi connectivity index (χ2n) is 8.87. The number of nitrogens with zero attached hydrogens (tertiary/aromatic N) is 2. The second-order valence-corrected chi connectivity index (χ2v) is 8.87. The number of hydrogen-bond acceptors (Lipinski definition) is 4. The van der Waals surface area contributed by atoms with Gasteiger partial charge in [-0.3, -0.25) is 4.79 Å². The molecule has 3 aromatic carbocycles. The smallest absolute Gasteiger partial charge is 0.189 e. The minimum Gasteiger partial charge on any atom is -0.491 e. The number of aryl methyl sites for hydroxylation is 1. The lowest BCUT2D eigenvalue weighted by molar-refractivity contribution is 0.104. The van der Waals surface area contributed by atoms with E-state index in [-0.39, 0.29) is 5.78 Å². The Bertz CT molecular complexity index is 1120. The first-order valence-corrected chi connectivity index (χ1v) is 11.3. The zero-order chi connectivity index (χ0) is 23.8. The van der Waals surface area contributed by atoms with Gasteiger partial charge in [0.15, 0.2) is 5.78 Å². The summed E-state index contributed by atoms with van der Waals surface area (Å²) in [6.07, 6.45) is 3.56. The van der Waals surface area contributed by atoms with Crippen LogP contribution in [-0.2, 0) is 6.54 Å². The Balaban J connectivity index is 1.93. The molecule has 0 heterocycles. The van der Waals surface area contributed by atoms with E-state index in [1.807, 2.05) is 76.7 Å². The molecule has 0 fully saturated rings. The molecule has 0 saturated heterocycles. The largest absolute Gasteiger partial charge is 0.491 e. The normalized spacial score (nSPS) is 11.5. The fourth-order valence-corrected chi connectivity index (χ4v) is 3.63. The maximum absolute atomic E-state index is 13.3. The summed E-state index contributed by atoms with van der Waals surface area (Å²) in [6.45, 7) is 4.19. The third-order valence-electron chi connectivity index (χ3n) is 5.35. The van der Waals surface area contributed by atoms with E-state index >= 15 is 0 Å². The lowest BCUT2D eigenvalue weighted by atomic mass is 9.98. The van der Waals surface area contributed by atoms with Gasteiger partial charge in [0, 0.05) is 13.1 Å². The Morgan fingerprint density at radius 3 is 2.36 bits per heavy atom. The highest BCUT2D eigenvalue weighted by Gasteiger charge is 2.13. The third-order valence-corrected chi connectivity index (χ3v) is 5.35. The van der Waals surface area contributed by atoms with Crippen LogP contribution in [0.1, 0.15) is 27.0 Å². The molecule has 0 N–H and O–H groups in total. The highest BCUT2D eigenvalue weighted by atomic mass is 16.5. The molecule has 0 saturated carbocycles. The maximum atomic E-state index is 13.3. The van der Waals surface area contributed by atoms with Crippen LogP contribution in [0.25, 0.3) is 17.2 Å². The Morgan fingerprint density at radius 1 is 0.879 bits per heavy atom. The molecule has 4 heteroatoms. The number of allylic oxidation sites excluding steroid dienone is 1. The zero-order valence-electron chi connectivity index (χ0n) is 20.3. The van der Waals surface area contributed by atoms with Crippen molar-refractivity contribution in [1.29, 1.82) is 0 Å². The Labute approximate surface area is 198 Å². The van der Waals surface area contributed by atoms with Gasteiger partial charge in [0.25, 0.3) is 0 Å². The average molecular weight is 443 g/mol. The first-order valence-electron chi connectivity index (χ1n) is 11.3. The molecule has 3 aromatic rings. The molecule has 0 aliphatic rings. The van der Waals surface area contributed by atoms with Gasteiger partial charge in [-0.2, -0.15) is 0 Å². The fraction of sp³-hybridized carbons (Fsp3) is 0.276. The molecular formula is C29H34N2O2. The second kappa shape index (κ2) is 11.6. The van der Waals surface area contributed by atoms with Crippen molar-refractivity contribution in [3.63, 3.8) is 0 Å². The first kappa shape index (κ1) is 24.4. The van der Waals surface area contributed by atoms with Gasteiger partial charge in [0.1, 0.15) is 12.4 Å². The predicted molar refractivity (Wildman–Crippen MR) is 138 cm³/mol. The van der Waals surface area contributed by atoms with Crippen molar-refractivity contribution in [1.82, 2.24) is 9.80 Å². The van der Waals surface area contributed by atoms with E-state index in [0.717, 1.165) is 29.8 Å². The number of rotatable bonds is 10. The minimum absolute atomic E-state index is 0.0657. The van der Waals surface area contributed by atoms with E-state index in [1.165, 1.54) is 11.1 Å². The molecule has 0 aromatic heterocycles. The van der Waals surface area contributed by atoms with Gasteiger partial charge in [-0.1, -0.05) is 66.2 Å². The van der Waals surface area contributed by atoms with Gasteiger partial charge in [-0.05, 0) is 75.6 Å². The SMILES string of the molecule is Cc1cccc(-c2ccc(OCCN(C)C)c(C(=O)/C=C/c3ccccc3CN(C)C)c2)c1. The van der Waals surface area contributed by atoms with Crippen LogP contribution in [0.2, 0.25) is 0 Å². The molecule has 33 heavy (non-hydrogen) atoms. The molecule has 172 valence electrons. The quantitative estimate of drug-likeness (QED) is 0.304. The van der Waals surface area contributed by atoms with Gasteiger partial charge in [-0.15, -0.1) is 0 Å². The van der Waals surface area contributed by atoms with Crippen LogP contribution in [0, 0.1) is 6.92 Å². The summed E-state index contributed by atoms with van der Waals surface area (Å²) in [6, 6.07) is 22.3. The number of ketones is 1. The molecule has 0 atom stereocenters. The third kappa shape index (κ3) is 7.14. The number of carbonyl (C=O) groups excluding carboxylic acids is 1. The number of benzene rings is 3. The molecule has 0 radical (unpaired) electrons. The van der Waals surface area contributed by atoms with Crippen LogP contribution in [-0.4, -0.2) is 56.9 Å². The molecule has 4 nitrogen and oxygen atoms in total. The van der Waals surface area contributed by atoms with Crippen molar-refractivity contribution in [2.24, 2.45) is 0 Å². The maximum Gasteiger partial charge on any atom is 0.189 e. The average Bonchev–Trinajstić information content (AvgIpc) is 2.78. The number of likely N-dealkylation sites (N-methyl/N-ethyl adjacent to an activating group) is 1. The minimum atomic E-state index is -0.0657. The van der Waals surface area contributed by atoms with Crippen LogP contribution in [0.3, 0.4) is 0 Å². The van der Waals surface area contributed by atoms with Crippen LogP contribution in [0.15, 0.2) is 72.8 Å². The molecule has 0 bridgehead atoms. The molecule has 0 aliphatic carbocycles. The molecule has 0 aliphatic heterocycles. The lowest BCUT2D eigenvalue weighted by Gasteiger charge is -2.15. The van der Waals surface area contributed by atoms with Gasteiger partial charge in [-0.25, -0.2) is 0 Å². The lowest BCUT2D eigenvalue weighted by Crippen LogP contribution is -2.20. The zero-order valence-corrected chi connectivity index (χ0v) is 20.3. The van der Waals surface area contributed by atoms with Crippen LogP contribution in [0.5, 0.6) is 5.75 Å². The van der Waals surface area contributed by atoms with Crippen LogP contribution >= 0.6 is 0 Å². The number of hydrogen-bond donors (Lipinski definition) is 0. The van der Waals surface area contributed by atoms with Gasteiger partial charge >= 0.3 is 0 Å². The molecule has 0 unspecified atom stereocenters. The standard InChI is InChI=1S/C29H34N2O2/c1-22-9-8-12-24(19-22)25-14-16-29(33-18-17-30(2)3)27(20-25)28(32)15-13-23-10-6-7-11-26(23)21-31(4)5/h6-16,19-20H,17-18,21H2,1-5H3/b15-13+. The molecular weight excluding hydrogens is 408 g/mol. The van der Waals surface area contributed by atoms with Crippen molar-refractivity contribution in [3.8, 4) is 16.9 Å². The topological polar surface area (TPSA) is 32.8 Å². The Hall–Kier alpha value is -3.21. The van der Waals surface area contributed by atoms with E-state index in [1.54, 1.807) is 6.08 Å². The Morgan fingerprint density at radius 2 is 1.64 bits per heavy atom. The monoisotopic (exact) mass is 442 g/mol. The molecule has 0 amide bonds. The van der Waals surface area contributed by atoms with Crippen molar-refractivity contribution < 1.29 is 9.53 Å². The van der Waals surface area contributed by atoms with Gasteiger partial charge < -0.3 is 14.5 Å². The van der Waals surface area contributed by atoms with Crippen molar-refractivity contribution in [3.05, 3.63) is 95.1 Å². The highest BCUT2D eigenvalue weighted by molar-refractivity contribution is 6.09. The van der Waals surface area contributed by atoms with E-state index in [4.69, 9.17) is 4.74 Å². The summed E-state index contributed by atoms with van der Waals surface area (Å²) in [7, 11) is 8.09. The summed E-state index contributed by atoms with van der Waals surface area (Å²) in [5.74, 6) is 0.550. The summed E-state index contributed by atoms with van der Waals surface area (Å²) in [4.78, 5) is 17.5. The molecule has 3 rings (SSSR count). The highest BCUT2D eigenvalue weighted by Crippen LogP contribution is 2.28. The number of ether oxygens (including phenoxy) is 1. The molecule has 0 spiro atoms. The van der Waals surface area contributed by atoms with Gasteiger partial charge in [0.05, 0.1) is 5.56 Å². The van der Waals surface area contributed by atoms with E-state index in [0.29, 0.717) is 17.9 Å². The fourth-order valence-electron chi connectivity index (χ4n) is 3.63. The number of carbonyl (C=O) groups is 1. The predicted octanol–water partition coefficient (Wildman–Crippen LogP) is 5.56. The van der Waals surface area contributed by atoms with Crippen molar-refractivity contribution in [2.45, 2.75) is 13.5 Å². The van der Waals surface area contributed by atoms with E-state index < -0.39 is 0 Å². The first-order chi connectivity index (χ1) is 15.8. The summed E-state index contributed by atoms with van der Waals surface area (Å²) in [5, 5.41) is 0. The summed E-state index contributed by atoms with van der Waals surface area (Å²) < 4.78 is 6.01. The van der Waals surface area contributed by atoms with E-state index in [2.05, 4.69) is 41.0 Å². The van der Waals surface area contributed by atoms with Crippen LogP contribution < -0.4 is 4.74 Å². The summed E-state index contributed by atoms with van der Waals surface area (Å²) >= 11 is 0. The summed E-state index contributed by atoms with van der Waals surface area (Å²) in [5.41, 5.74) is 6.08. The Kier molecular flexibility index (Phi) is 8.58. The van der Waals surface area contributed by atoms with Gasteiger partial charge in [0.2, 0.25) is 0 Å². The van der Waals surface area contributed by atoms with E-state index in [9.17, 15) is 4.79 Å². The van der Waals surface area contributed by atoms with Crippen molar-refractivity contribution in [2.75, 3.05) is 41.3 Å².